The Morgan fingerprint density at radius 3 is 2.72 bits per heavy atom. The first-order valence-corrected chi connectivity index (χ1v) is 13.1. The number of nitrogens with one attached hydrogen (secondary N) is 1. The topological polar surface area (TPSA) is 110 Å². The highest BCUT2D eigenvalue weighted by Crippen LogP contribution is 2.44. The molecule has 4 aromatic rings. The highest BCUT2D eigenvalue weighted by Gasteiger charge is 2.45. The largest absolute Gasteiger partial charge is 0.453 e. The van der Waals surface area contributed by atoms with E-state index in [9.17, 15) is 14.0 Å². The maximum absolute atomic E-state index is 13.4. The molecular weight excluding hydrogens is 525 g/mol. The van der Waals surface area contributed by atoms with Crippen LogP contribution in [-0.4, -0.2) is 53.5 Å². The number of halogens is 1. The molecule has 12 heteroatoms. The van der Waals surface area contributed by atoms with Crippen LogP contribution in [0.1, 0.15) is 22.2 Å². The summed E-state index contributed by atoms with van der Waals surface area (Å²) in [6.07, 6.45) is -0.482. The fourth-order valence-corrected chi connectivity index (χ4v) is 6.07. The van der Waals surface area contributed by atoms with Gasteiger partial charge in [-0.25, -0.2) is 19.0 Å². The average Bonchev–Trinajstić information content (AvgIpc) is 3.59. The maximum Gasteiger partial charge on any atom is 0.413 e. The zero-order valence-electron chi connectivity index (χ0n) is 20.9. The molecule has 2 aromatic heterocycles. The zero-order valence-corrected chi connectivity index (χ0v) is 21.7. The van der Waals surface area contributed by atoms with Gasteiger partial charge in [0, 0.05) is 31.1 Å². The summed E-state index contributed by atoms with van der Waals surface area (Å²) < 4.78 is 29.3. The van der Waals surface area contributed by atoms with Crippen molar-refractivity contribution < 1.29 is 28.0 Å². The summed E-state index contributed by atoms with van der Waals surface area (Å²) in [6, 6.07) is 16.8. The number of benzene rings is 2. The number of hydrogen-bond acceptors (Lipinski definition) is 9. The van der Waals surface area contributed by atoms with Crippen LogP contribution in [0.4, 0.5) is 24.9 Å². The van der Waals surface area contributed by atoms with Crippen LogP contribution in [0.15, 0.2) is 65.2 Å². The molecule has 0 radical (unpaired) electrons. The third kappa shape index (κ3) is 5.02. The van der Waals surface area contributed by atoms with Crippen molar-refractivity contribution in [1.29, 1.82) is 0 Å². The van der Waals surface area contributed by atoms with E-state index in [1.165, 1.54) is 30.6 Å². The Bertz CT molecular complexity index is 1490. The van der Waals surface area contributed by atoms with E-state index in [0.717, 1.165) is 16.1 Å². The Morgan fingerprint density at radius 2 is 1.95 bits per heavy atom. The van der Waals surface area contributed by atoms with E-state index >= 15 is 0 Å². The van der Waals surface area contributed by atoms with Crippen molar-refractivity contribution in [3.63, 3.8) is 0 Å². The molecule has 6 rings (SSSR count). The molecule has 0 spiro atoms. The van der Waals surface area contributed by atoms with E-state index in [-0.39, 0.29) is 24.5 Å². The van der Waals surface area contributed by atoms with Gasteiger partial charge in [0.15, 0.2) is 16.7 Å². The number of anilines is 2. The first-order valence-electron chi connectivity index (χ1n) is 12.3. The number of carbonyl (C=O) groups excluding carboxylic acids is 2. The number of nitrogens with zero attached hydrogens (tertiary/aromatic N) is 4. The predicted molar refractivity (Wildman–Crippen MR) is 141 cm³/mol. The molecule has 2 aromatic carbocycles. The molecule has 200 valence electrons. The van der Waals surface area contributed by atoms with Crippen LogP contribution in [-0.2, 0) is 22.5 Å². The average molecular weight is 550 g/mol. The van der Waals surface area contributed by atoms with Crippen LogP contribution < -0.4 is 10.2 Å². The normalized spacial score (nSPS) is 17.9. The summed E-state index contributed by atoms with van der Waals surface area (Å²) in [7, 11) is 1.36. The van der Waals surface area contributed by atoms with Crippen LogP contribution in [0.2, 0.25) is 0 Å². The molecule has 39 heavy (non-hydrogen) atoms. The van der Waals surface area contributed by atoms with Gasteiger partial charge in [-0.1, -0.05) is 46.8 Å². The van der Waals surface area contributed by atoms with Crippen LogP contribution >= 0.6 is 11.3 Å². The number of piperazine rings is 1. The Labute approximate surface area is 226 Å². The first-order chi connectivity index (χ1) is 19.0. The van der Waals surface area contributed by atoms with Crippen LogP contribution in [0.3, 0.4) is 0 Å². The molecule has 2 aliphatic heterocycles. The molecule has 0 aliphatic carbocycles. The molecule has 2 atom stereocenters. The van der Waals surface area contributed by atoms with Crippen molar-refractivity contribution in [2.45, 2.75) is 25.1 Å². The van der Waals surface area contributed by atoms with Gasteiger partial charge in [-0.3, -0.25) is 5.32 Å². The monoisotopic (exact) mass is 549 g/mol. The van der Waals surface area contributed by atoms with Gasteiger partial charge in [0.05, 0.1) is 29.8 Å². The van der Waals surface area contributed by atoms with E-state index in [4.69, 9.17) is 14.0 Å². The Balaban J connectivity index is 1.25. The summed E-state index contributed by atoms with van der Waals surface area (Å²) in [5, 5.41) is 7.47. The van der Waals surface area contributed by atoms with Crippen molar-refractivity contribution in [1.82, 2.24) is 15.0 Å². The van der Waals surface area contributed by atoms with Gasteiger partial charge in [0.25, 0.3) is 0 Å². The Morgan fingerprint density at radius 1 is 1.15 bits per heavy atom. The van der Waals surface area contributed by atoms with Crippen molar-refractivity contribution >= 4 is 34.5 Å². The Kier molecular flexibility index (Phi) is 6.61. The predicted octanol–water partition coefficient (Wildman–Crippen LogP) is 5.24. The van der Waals surface area contributed by atoms with Gasteiger partial charge >= 0.3 is 12.2 Å². The van der Waals surface area contributed by atoms with E-state index in [1.807, 2.05) is 36.4 Å². The number of amides is 2. The van der Waals surface area contributed by atoms with E-state index in [2.05, 4.69) is 20.4 Å². The third-order valence-corrected chi connectivity index (χ3v) is 7.87. The molecule has 1 saturated heterocycles. The minimum Gasteiger partial charge on any atom is -0.453 e. The molecule has 2 bridgehead atoms. The number of carbonyl (C=O) groups is 2. The fourth-order valence-electron chi connectivity index (χ4n) is 5.00. The van der Waals surface area contributed by atoms with E-state index < -0.39 is 12.2 Å². The molecule has 10 nitrogen and oxygen atoms in total. The minimum absolute atomic E-state index is 0.146. The standard InChI is InChI=1S/C27H24FN5O5S/c1-36-27(35)32-13-19-11-20-24(39-25(29-20)30-26(34)37-15-16-5-3-2-4-6-16)21(14-32)33(19)23-12-22(38-31-23)17-7-9-18(28)10-8-17/h2-10,12,19,21H,11,13-15H2,1H3,(H,29,30,34). The molecule has 2 aliphatic rings. The van der Waals surface area contributed by atoms with Gasteiger partial charge in [0.2, 0.25) is 0 Å². The van der Waals surface area contributed by atoms with Crippen molar-refractivity contribution in [3.8, 4) is 11.3 Å². The number of hydrogen-bond donors (Lipinski definition) is 1. The van der Waals surface area contributed by atoms with Crippen LogP contribution in [0.25, 0.3) is 11.3 Å². The van der Waals surface area contributed by atoms with Crippen LogP contribution in [0.5, 0.6) is 0 Å². The number of aromatic nitrogens is 2. The molecule has 0 saturated carbocycles. The number of rotatable bonds is 5. The number of ether oxygens (including phenoxy) is 2. The lowest BCUT2D eigenvalue weighted by Crippen LogP contribution is -2.59. The third-order valence-electron chi connectivity index (χ3n) is 6.76. The Hall–Kier alpha value is -4.45. The minimum atomic E-state index is -0.596. The second-order valence-electron chi connectivity index (χ2n) is 9.23. The maximum atomic E-state index is 13.4. The first kappa shape index (κ1) is 24.9. The van der Waals surface area contributed by atoms with E-state index in [0.29, 0.717) is 41.8 Å². The highest BCUT2D eigenvalue weighted by atomic mass is 32.1. The lowest BCUT2D eigenvalue weighted by Gasteiger charge is -2.48. The van der Waals surface area contributed by atoms with Crippen molar-refractivity contribution in [3.05, 3.63) is 82.6 Å². The SMILES string of the molecule is COC(=O)N1CC2Cc3nc(NC(=O)OCc4ccccc4)sc3C(C1)N2c1cc(-c2ccc(F)cc2)on1. The second kappa shape index (κ2) is 10.4. The van der Waals surface area contributed by atoms with Crippen molar-refractivity contribution in [2.75, 3.05) is 30.4 Å². The summed E-state index contributed by atoms with van der Waals surface area (Å²) >= 11 is 1.33. The fraction of sp³-hybridized carbons (Fsp3) is 0.259. The molecule has 2 amide bonds. The summed E-state index contributed by atoms with van der Waals surface area (Å²) in [6.45, 7) is 0.892. The van der Waals surface area contributed by atoms with Gasteiger partial charge < -0.3 is 23.8 Å². The van der Waals surface area contributed by atoms with Crippen molar-refractivity contribution in [2.24, 2.45) is 0 Å². The summed E-state index contributed by atoms with van der Waals surface area (Å²) in [5.74, 6) is 0.772. The van der Waals surface area contributed by atoms with Crippen LogP contribution in [0, 0.1) is 5.82 Å². The molecule has 1 fully saturated rings. The zero-order chi connectivity index (χ0) is 26.9. The molecule has 1 N–H and O–H groups in total. The highest BCUT2D eigenvalue weighted by molar-refractivity contribution is 7.16. The van der Waals surface area contributed by atoms with Gasteiger partial charge in [-0.15, -0.1) is 0 Å². The quantitative estimate of drug-likeness (QED) is 0.360. The van der Waals surface area contributed by atoms with Gasteiger partial charge in [0.1, 0.15) is 12.4 Å². The second-order valence-corrected chi connectivity index (χ2v) is 10.3. The molecule has 4 heterocycles. The lowest BCUT2D eigenvalue weighted by atomic mass is 9.93. The number of fused-ring (bicyclic) bond motifs is 4. The van der Waals surface area contributed by atoms with Gasteiger partial charge in [-0.2, -0.15) is 0 Å². The molecule has 2 unspecified atom stereocenters. The number of thiazole rings is 1. The number of methoxy groups -OCH3 is 1. The van der Waals surface area contributed by atoms with Gasteiger partial charge in [-0.05, 0) is 29.8 Å². The van der Waals surface area contributed by atoms with E-state index in [1.54, 1.807) is 17.0 Å². The lowest BCUT2D eigenvalue weighted by molar-refractivity contribution is 0.104. The smallest absolute Gasteiger partial charge is 0.413 e. The summed E-state index contributed by atoms with van der Waals surface area (Å²) in [4.78, 5) is 34.3. The molecular formula is C27H24FN5O5S. The summed E-state index contributed by atoms with van der Waals surface area (Å²) in [5.41, 5.74) is 2.44.